The summed E-state index contributed by atoms with van der Waals surface area (Å²) in [4.78, 5) is 12.9. The van der Waals surface area contributed by atoms with Crippen molar-refractivity contribution in [1.29, 1.82) is 0 Å². The molecule has 1 aliphatic heterocycles. The van der Waals surface area contributed by atoms with Gasteiger partial charge in [0.25, 0.3) is 0 Å². The number of aromatic nitrogens is 5. The van der Waals surface area contributed by atoms with E-state index in [2.05, 4.69) is 15.4 Å². The van der Waals surface area contributed by atoms with Crippen molar-refractivity contribution in [2.45, 2.75) is 25.8 Å². The molecule has 1 aliphatic rings. The van der Waals surface area contributed by atoms with Crippen LogP contribution in [0.1, 0.15) is 24.6 Å². The van der Waals surface area contributed by atoms with E-state index >= 15 is 0 Å². The first-order valence-corrected chi connectivity index (χ1v) is 6.86. The van der Waals surface area contributed by atoms with Crippen molar-refractivity contribution in [3.8, 4) is 0 Å². The summed E-state index contributed by atoms with van der Waals surface area (Å²) in [5.74, 6) is 0.592. The molecule has 0 aliphatic carbocycles. The lowest BCUT2D eigenvalue weighted by Gasteiger charge is -2.32. The summed E-state index contributed by atoms with van der Waals surface area (Å²) in [5.41, 5.74) is 0.563. The number of aryl methyl sites for hydroxylation is 2. The Morgan fingerprint density at radius 3 is 2.67 bits per heavy atom. The van der Waals surface area contributed by atoms with Crippen LogP contribution in [-0.4, -0.2) is 42.8 Å². The van der Waals surface area contributed by atoms with Gasteiger partial charge >= 0.3 is 5.69 Å². The number of nitrogens with zero attached hydrogens (tertiary/aromatic N) is 7. The Morgan fingerprint density at radius 1 is 1.38 bits per heavy atom. The van der Waals surface area contributed by atoms with Crippen LogP contribution >= 0.6 is 0 Å². The summed E-state index contributed by atoms with van der Waals surface area (Å²) in [6, 6.07) is 0.303. The van der Waals surface area contributed by atoms with Crippen LogP contribution in [0.15, 0.2) is 12.4 Å². The highest BCUT2D eigenvalue weighted by Crippen LogP contribution is 2.34. The van der Waals surface area contributed by atoms with E-state index in [1.165, 1.54) is 0 Å². The largest absolute Gasteiger partial charge is 0.351 e. The van der Waals surface area contributed by atoms with Crippen LogP contribution in [0.25, 0.3) is 0 Å². The normalized spacial score (nSPS) is 16.4. The highest BCUT2D eigenvalue weighted by Gasteiger charge is 2.31. The quantitative estimate of drug-likeness (QED) is 0.620. The van der Waals surface area contributed by atoms with Crippen molar-refractivity contribution in [2.75, 3.05) is 18.0 Å². The maximum Gasteiger partial charge on any atom is 0.333 e. The minimum Gasteiger partial charge on any atom is -0.351 e. The maximum absolute atomic E-state index is 11.3. The van der Waals surface area contributed by atoms with E-state index in [1.807, 2.05) is 15.8 Å². The van der Waals surface area contributed by atoms with Crippen LogP contribution < -0.4 is 4.90 Å². The average molecular weight is 291 g/mol. The summed E-state index contributed by atoms with van der Waals surface area (Å²) in [6.45, 7) is 3.15. The van der Waals surface area contributed by atoms with Crippen LogP contribution in [-0.2, 0) is 7.05 Å². The Bertz CT molecular complexity index is 641. The molecule has 9 nitrogen and oxygen atoms in total. The zero-order valence-corrected chi connectivity index (χ0v) is 12.0. The number of anilines is 1. The molecule has 3 rings (SSSR count). The third-order valence-electron chi connectivity index (χ3n) is 3.92. The Kier molecular flexibility index (Phi) is 3.32. The van der Waals surface area contributed by atoms with E-state index < -0.39 is 0 Å². The third kappa shape index (κ3) is 2.34. The van der Waals surface area contributed by atoms with Crippen LogP contribution in [0, 0.1) is 17.0 Å². The van der Waals surface area contributed by atoms with Crippen molar-refractivity contribution in [1.82, 2.24) is 24.8 Å². The minimum absolute atomic E-state index is 0.108. The monoisotopic (exact) mass is 291 g/mol. The third-order valence-corrected chi connectivity index (χ3v) is 3.92. The van der Waals surface area contributed by atoms with Gasteiger partial charge in [-0.3, -0.25) is 10.1 Å². The van der Waals surface area contributed by atoms with Crippen molar-refractivity contribution in [3.63, 3.8) is 0 Å². The molecule has 2 aromatic rings. The molecule has 0 atom stereocenters. The number of piperidine rings is 1. The number of hydrogen-bond acceptors (Lipinski definition) is 6. The lowest BCUT2D eigenvalue weighted by atomic mass is 10.1. The van der Waals surface area contributed by atoms with Gasteiger partial charge in [0, 0.05) is 26.3 Å². The predicted molar refractivity (Wildman–Crippen MR) is 75.1 cm³/mol. The van der Waals surface area contributed by atoms with Crippen molar-refractivity contribution < 1.29 is 4.92 Å². The topological polar surface area (TPSA) is 94.9 Å². The lowest BCUT2D eigenvalue weighted by Crippen LogP contribution is -2.36. The molecule has 0 radical (unpaired) electrons. The van der Waals surface area contributed by atoms with Gasteiger partial charge < -0.3 is 4.90 Å². The average Bonchev–Trinajstić information content (AvgIpc) is 3.06. The van der Waals surface area contributed by atoms with Gasteiger partial charge in [0.05, 0.1) is 17.2 Å². The number of rotatable bonds is 3. The Hall–Kier alpha value is -2.45. The molecule has 9 heteroatoms. The molecule has 1 saturated heterocycles. The molecule has 0 bridgehead atoms. The Labute approximate surface area is 121 Å². The second-order valence-electron chi connectivity index (χ2n) is 5.24. The van der Waals surface area contributed by atoms with Gasteiger partial charge in [0.2, 0.25) is 5.82 Å². The molecule has 0 N–H and O–H groups in total. The SMILES string of the molecule is Cc1nn(C)c(N2CCC(n3ccnn3)CC2)c1[N+](=O)[O-]. The van der Waals surface area contributed by atoms with Gasteiger partial charge in [0.1, 0.15) is 5.69 Å². The van der Waals surface area contributed by atoms with Crippen molar-refractivity contribution >= 4 is 11.5 Å². The molecule has 3 heterocycles. The predicted octanol–water partition coefficient (Wildman–Crippen LogP) is 1.07. The summed E-state index contributed by atoms with van der Waals surface area (Å²) in [5, 5.41) is 23.3. The van der Waals surface area contributed by atoms with Gasteiger partial charge in [-0.2, -0.15) is 5.10 Å². The second-order valence-corrected chi connectivity index (χ2v) is 5.24. The van der Waals surface area contributed by atoms with E-state index in [-0.39, 0.29) is 10.6 Å². The van der Waals surface area contributed by atoms with E-state index in [0.29, 0.717) is 17.6 Å². The molecule has 0 aromatic carbocycles. The van der Waals surface area contributed by atoms with Crippen LogP contribution in [0.3, 0.4) is 0 Å². The molecule has 2 aromatic heterocycles. The first kappa shape index (κ1) is 13.5. The first-order valence-electron chi connectivity index (χ1n) is 6.86. The van der Waals surface area contributed by atoms with E-state index in [1.54, 1.807) is 24.9 Å². The van der Waals surface area contributed by atoms with Crippen LogP contribution in [0.4, 0.5) is 11.5 Å². The Balaban J connectivity index is 1.80. The summed E-state index contributed by atoms with van der Waals surface area (Å²) in [6.07, 6.45) is 5.29. The molecule has 21 heavy (non-hydrogen) atoms. The van der Waals surface area contributed by atoms with Gasteiger partial charge in [-0.1, -0.05) is 5.21 Å². The highest BCUT2D eigenvalue weighted by molar-refractivity contribution is 5.61. The van der Waals surface area contributed by atoms with Gasteiger partial charge in [-0.15, -0.1) is 5.10 Å². The van der Waals surface area contributed by atoms with Crippen LogP contribution in [0.2, 0.25) is 0 Å². The van der Waals surface area contributed by atoms with Crippen LogP contribution in [0.5, 0.6) is 0 Å². The molecular weight excluding hydrogens is 274 g/mol. The highest BCUT2D eigenvalue weighted by atomic mass is 16.6. The lowest BCUT2D eigenvalue weighted by molar-refractivity contribution is -0.384. The molecular formula is C12H17N7O2. The molecule has 0 unspecified atom stereocenters. The smallest absolute Gasteiger partial charge is 0.333 e. The molecule has 0 spiro atoms. The minimum atomic E-state index is -0.346. The fraction of sp³-hybridized carbons (Fsp3) is 0.583. The summed E-state index contributed by atoms with van der Waals surface area (Å²) < 4.78 is 3.46. The van der Waals surface area contributed by atoms with Gasteiger partial charge in [0.15, 0.2) is 0 Å². The number of hydrogen-bond donors (Lipinski definition) is 0. The molecule has 1 fully saturated rings. The second kappa shape index (κ2) is 5.15. The zero-order chi connectivity index (χ0) is 15.0. The maximum atomic E-state index is 11.3. The van der Waals surface area contributed by atoms with Crippen molar-refractivity contribution in [2.24, 2.45) is 7.05 Å². The van der Waals surface area contributed by atoms with Gasteiger partial charge in [-0.25, -0.2) is 9.36 Å². The fourth-order valence-corrected chi connectivity index (χ4v) is 2.96. The zero-order valence-electron chi connectivity index (χ0n) is 12.0. The summed E-state index contributed by atoms with van der Waals surface area (Å²) >= 11 is 0. The Morgan fingerprint density at radius 2 is 2.10 bits per heavy atom. The summed E-state index contributed by atoms with van der Waals surface area (Å²) in [7, 11) is 1.75. The van der Waals surface area contributed by atoms with Crippen molar-refractivity contribution in [3.05, 3.63) is 28.2 Å². The van der Waals surface area contributed by atoms with E-state index in [4.69, 9.17) is 0 Å². The van der Waals surface area contributed by atoms with Gasteiger partial charge in [-0.05, 0) is 19.8 Å². The number of nitro groups is 1. The van der Waals surface area contributed by atoms with E-state index in [0.717, 1.165) is 25.9 Å². The fourth-order valence-electron chi connectivity index (χ4n) is 2.96. The molecule has 0 saturated carbocycles. The standard InChI is InChI=1S/C12H17N7O2/c1-9-11(19(20)21)12(16(2)14-9)17-6-3-10(4-7-17)18-8-5-13-15-18/h5,8,10H,3-4,6-7H2,1-2H3. The molecule has 0 amide bonds. The van der Waals surface area contributed by atoms with E-state index in [9.17, 15) is 10.1 Å². The molecule has 112 valence electrons. The first-order chi connectivity index (χ1) is 10.1.